The van der Waals surface area contributed by atoms with E-state index in [1.54, 1.807) is 6.92 Å². The molecule has 0 aromatic heterocycles. The highest BCUT2D eigenvalue weighted by Gasteiger charge is 2.35. The zero-order valence-corrected chi connectivity index (χ0v) is 11.4. The monoisotopic (exact) mass is 284 g/mol. The van der Waals surface area contributed by atoms with E-state index >= 15 is 0 Å². The molecule has 0 fully saturated rings. The molecule has 1 unspecified atom stereocenters. The van der Waals surface area contributed by atoms with Gasteiger partial charge in [-0.25, -0.2) is 0 Å². The summed E-state index contributed by atoms with van der Waals surface area (Å²) in [6.45, 7) is 2.35. The summed E-state index contributed by atoms with van der Waals surface area (Å²) in [6, 6.07) is 0. The zero-order chi connectivity index (χ0) is 14.3. The fraction of sp³-hybridized carbons (Fsp3) is 0.818. The second-order valence-corrected chi connectivity index (χ2v) is 4.59. The van der Waals surface area contributed by atoms with Gasteiger partial charge in [-0.2, -0.15) is 13.2 Å². The van der Waals surface area contributed by atoms with Gasteiger partial charge in [-0.1, -0.05) is 32.5 Å². The van der Waals surface area contributed by atoms with Gasteiger partial charge in [-0.15, -0.1) is 0 Å². The topological polar surface area (TPSA) is 46.3 Å². The second-order valence-electron chi connectivity index (χ2n) is 4.12. The number of amides is 1. The van der Waals surface area contributed by atoms with Crippen LogP contribution in [0.3, 0.4) is 0 Å². The summed E-state index contributed by atoms with van der Waals surface area (Å²) in [5.74, 6) is -1.41. The Morgan fingerprint density at radius 1 is 1.33 bits per heavy atom. The minimum Gasteiger partial charge on any atom is -0.393 e. The molecule has 0 saturated carbocycles. The van der Waals surface area contributed by atoms with Gasteiger partial charge in [-0.3, -0.25) is 4.79 Å². The maximum atomic E-state index is 12.4. The van der Waals surface area contributed by atoms with E-state index in [4.69, 9.17) is 18.0 Å². The van der Waals surface area contributed by atoms with E-state index in [2.05, 4.69) is 0 Å². The fourth-order valence-electron chi connectivity index (χ4n) is 1.65. The number of nitrogens with zero attached hydrogens (tertiary/aromatic N) is 1. The van der Waals surface area contributed by atoms with Crippen LogP contribution < -0.4 is 5.73 Å². The van der Waals surface area contributed by atoms with Crippen molar-refractivity contribution in [3.8, 4) is 0 Å². The first-order valence-corrected chi connectivity index (χ1v) is 6.28. The summed E-state index contributed by atoms with van der Waals surface area (Å²) in [4.78, 5) is 12.8. The molecule has 1 amide bonds. The second kappa shape index (κ2) is 7.56. The van der Waals surface area contributed by atoms with E-state index in [-0.39, 0.29) is 11.5 Å². The van der Waals surface area contributed by atoms with Gasteiger partial charge in [0.1, 0.15) is 6.54 Å². The molecular weight excluding hydrogens is 265 g/mol. The molecule has 3 nitrogen and oxygen atoms in total. The molecule has 106 valence electrons. The van der Waals surface area contributed by atoms with E-state index in [1.165, 1.54) is 0 Å². The minimum atomic E-state index is -4.40. The van der Waals surface area contributed by atoms with Crippen molar-refractivity contribution in [1.29, 1.82) is 0 Å². The lowest BCUT2D eigenvalue weighted by Crippen LogP contribution is -2.45. The number of halogens is 3. The van der Waals surface area contributed by atoms with Crippen molar-refractivity contribution in [3.63, 3.8) is 0 Å². The molecule has 2 N–H and O–H groups in total. The van der Waals surface area contributed by atoms with Crippen molar-refractivity contribution < 1.29 is 18.0 Å². The van der Waals surface area contributed by atoms with Crippen LogP contribution in [0.5, 0.6) is 0 Å². The highest BCUT2D eigenvalue weighted by atomic mass is 32.1. The van der Waals surface area contributed by atoms with Crippen molar-refractivity contribution in [2.45, 2.75) is 39.3 Å². The molecule has 7 heteroatoms. The first kappa shape index (κ1) is 17.2. The molecule has 0 aliphatic rings. The van der Waals surface area contributed by atoms with Crippen LogP contribution in [0.15, 0.2) is 0 Å². The molecule has 0 aliphatic heterocycles. The SMILES string of the molecule is CCCC(C(=O)N(CCC)CC(F)(F)F)C(N)=S. The summed E-state index contributed by atoms with van der Waals surface area (Å²) >= 11 is 4.75. The Labute approximate surface area is 111 Å². The zero-order valence-electron chi connectivity index (χ0n) is 10.6. The normalized spacial score (nSPS) is 13.2. The number of hydrogen-bond acceptors (Lipinski definition) is 2. The lowest BCUT2D eigenvalue weighted by Gasteiger charge is -2.27. The molecule has 0 aromatic carbocycles. The molecule has 0 bridgehead atoms. The highest BCUT2D eigenvalue weighted by Crippen LogP contribution is 2.19. The summed E-state index contributed by atoms with van der Waals surface area (Å²) in [6.07, 6.45) is -2.93. The molecule has 0 saturated heterocycles. The Kier molecular flexibility index (Phi) is 7.20. The van der Waals surface area contributed by atoms with Crippen LogP contribution in [-0.2, 0) is 4.79 Å². The van der Waals surface area contributed by atoms with Gasteiger partial charge in [0.15, 0.2) is 0 Å². The third kappa shape index (κ3) is 6.18. The molecular formula is C11H19F3N2OS. The van der Waals surface area contributed by atoms with Gasteiger partial charge in [0.25, 0.3) is 0 Å². The van der Waals surface area contributed by atoms with Crippen LogP contribution in [0.1, 0.15) is 33.1 Å². The van der Waals surface area contributed by atoms with E-state index in [1.807, 2.05) is 6.92 Å². The average molecular weight is 284 g/mol. The molecule has 0 rings (SSSR count). The maximum Gasteiger partial charge on any atom is 0.406 e. The smallest absolute Gasteiger partial charge is 0.393 e. The Morgan fingerprint density at radius 2 is 1.89 bits per heavy atom. The predicted octanol–water partition coefficient (Wildman–Crippen LogP) is 2.49. The maximum absolute atomic E-state index is 12.4. The molecule has 0 heterocycles. The minimum absolute atomic E-state index is 0.0369. The van der Waals surface area contributed by atoms with Crippen LogP contribution in [0, 0.1) is 5.92 Å². The van der Waals surface area contributed by atoms with Gasteiger partial charge in [0.2, 0.25) is 5.91 Å². The fourth-order valence-corrected chi connectivity index (χ4v) is 1.87. The summed E-state index contributed by atoms with van der Waals surface area (Å²) in [5, 5.41) is 0. The number of carbonyl (C=O) groups excluding carboxylic acids is 1. The van der Waals surface area contributed by atoms with Gasteiger partial charge < -0.3 is 10.6 Å². The van der Waals surface area contributed by atoms with Crippen molar-refractivity contribution in [2.75, 3.05) is 13.1 Å². The quantitative estimate of drug-likeness (QED) is 0.731. The van der Waals surface area contributed by atoms with Gasteiger partial charge >= 0.3 is 6.18 Å². The predicted molar refractivity (Wildman–Crippen MR) is 68.1 cm³/mol. The Hall–Kier alpha value is -0.850. The Morgan fingerprint density at radius 3 is 2.22 bits per heavy atom. The van der Waals surface area contributed by atoms with Crippen LogP contribution in [0.25, 0.3) is 0 Å². The van der Waals surface area contributed by atoms with Crippen molar-refractivity contribution in [2.24, 2.45) is 11.7 Å². The van der Waals surface area contributed by atoms with Gasteiger partial charge in [-0.05, 0) is 12.8 Å². The van der Waals surface area contributed by atoms with Crippen LogP contribution >= 0.6 is 12.2 Å². The third-order valence-electron chi connectivity index (χ3n) is 2.39. The van der Waals surface area contributed by atoms with Crippen molar-refractivity contribution in [1.82, 2.24) is 4.90 Å². The molecule has 0 spiro atoms. The van der Waals surface area contributed by atoms with Crippen LogP contribution in [-0.4, -0.2) is 35.1 Å². The molecule has 0 aliphatic carbocycles. The molecule has 0 radical (unpaired) electrons. The number of rotatable bonds is 7. The first-order chi connectivity index (χ1) is 8.22. The molecule has 0 aromatic rings. The van der Waals surface area contributed by atoms with Crippen molar-refractivity contribution >= 4 is 23.1 Å². The number of nitrogens with two attached hydrogens (primary N) is 1. The summed E-state index contributed by atoms with van der Waals surface area (Å²) in [5.41, 5.74) is 5.42. The summed E-state index contributed by atoms with van der Waals surface area (Å²) in [7, 11) is 0. The first-order valence-electron chi connectivity index (χ1n) is 5.87. The molecule has 1 atom stereocenters. The van der Waals surface area contributed by atoms with E-state index in [9.17, 15) is 18.0 Å². The lowest BCUT2D eigenvalue weighted by molar-refractivity contribution is -0.162. The van der Waals surface area contributed by atoms with Crippen LogP contribution in [0.4, 0.5) is 13.2 Å². The lowest BCUT2D eigenvalue weighted by atomic mass is 10.0. The number of alkyl halides is 3. The van der Waals surface area contributed by atoms with Crippen molar-refractivity contribution in [3.05, 3.63) is 0 Å². The highest BCUT2D eigenvalue weighted by molar-refractivity contribution is 7.80. The Balaban J connectivity index is 4.86. The third-order valence-corrected chi connectivity index (χ3v) is 2.68. The number of thiocarbonyl (C=S) groups is 1. The largest absolute Gasteiger partial charge is 0.406 e. The summed E-state index contributed by atoms with van der Waals surface area (Å²) < 4.78 is 37.1. The molecule has 18 heavy (non-hydrogen) atoms. The van der Waals surface area contributed by atoms with E-state index in [0.29, 0.717) is 19.3 Å². The average Bonchev–Trinajstić information content (AvgIpc) is 2.22. The van der Waals surface area contributed by atoms with E-state index < -0.39 is 24.5 Å². The standard InChI is InChI=1S/C11H19F3N2OS/c1-3-5-8(9(15)18)10(17)16(6-4-2)7-11(12,13)14/h8H,3-7H2,1-2H3,(H2,15,18). The number of carbonyl (C=O) groups is 1. The van der Waals surface area contributed by atoms with Crippen LogP contribution in [0.2, 0.25) is 0 Å². The van der Waals surface area contributed by atoms with Gasteiger partial charge in [0.05, 0.1) is 10.9 Å². The number of hydrogen-bond donors (Lipinski definition) is 1. The van der Waals surface area contributed by atoms with E-state index in [0.717, 1.165) is 4.90 Å². The Bertz CT molecular complexity index is 295. The van der Waals surface area contributed by atoms with Gasteiger partial charge in [0, 0.05) is 6.54 Å².